The van der Waals surface area contributed by atoms with Gasteiger partial charge in [0, 0.05) is 12.0 Å². The fourth-order valence-corrected chi connectivity index (χ4v) is 4.36. The molecule has 0 aliphatic heterocycles. The van der Waals surface area contributed by atoms with Gasteiger partial charge >= 0.3 is 7.12 Å². The molecule has 1 aliphatic carbocycles. The molecule has 1 unspecified atom stereocenters. The Morgan fingerprint density at radius 2 is 2.11 bits per heavy atom. The van der Waals surface area contributed by atoms with E-state index in [0.29, 0.717) is 23.3 Å². The van der Waals surface area contributed by atoms with Crippen molar-refractivity contribution < 1.29 is 19.6 Å². The highest BCUT2D eigenvalue weighted by Gasteiger charge is 2.42. The van der Waals surface area contributed by atoms with Crippen molar-refractivity contribution in [1.29, 1.82) is 5.26 Å². The van der Waals surface area contributed by atoms with Crippen LogP contribution in [-0.4, -0.2) is 40.2 Å². The Balaban J connectivity index is 1.71. The lowest BCUT2D eigenvalue weighted by Gasteiger charge is -2.38. The van der Waals surface area contributed by atoms with E-state index < -0.39 is 18.5 Å². The van der Waals surface area contributed by atoms with Crippen molar-refractivity contribution in [3.8, 4) is 11.8 Å². The van der Waals surface area contributed by atoms with Crippen LogP contribution in [0.3, 0.4) is 0 Å². The number of aromatic nitrogens is 1. The largest absolute Gasteiger partial charge is 0.490 e. The summed E-state index contributed by atoms with van der Waals surface area (Å²) in [4.78, 5) is 16.9. The maximum Gasteiger partial charge on any atom is 0.461 e. The maximum atomic E-state index is 12.7. The van der Waals surface area contributed by atoms with Gasteiger partial charge in [0.15, 0.2) is 5.75 Å². The Hall–Kier alpha value is -3.09. The van der Waals surface area contributed by atoms with Crippen LogP contribution >= 0.6 is 23.2 Å². The predicted octanol–water partition coefficient (Wildman–Crippen LogP) is 4.46. The molecule has 2 aromatic rings. The first kappa shape index (κ1) is 26.5. The number of pyridine rings is 1. The van der Waals surface area contributed by atoms with Crippen molar-refractivity contribution >= 4 is 47.9 Å². The zero-order chi connectivity index (χ0) is 25.4. The molecular formula is C25H24BCl2N3O4. The van der Waals surface area contributed by atoms with Crippen LogP contribution in [0.4, 0.5) is 0 Å². The fraction of sp³-hybridized carbons (Fsp3) is 0.240. The average molecular weight is 512 g/mol. The Labute approximate surface area is 214 Å². The zero-order valence-corrected chi connectivity index (χ0v) is 20.5. The number of nitriles is 1. The van der Waals surface area contributed by atoms with E-state index in [1.807, 2.05) is 6.92 Å². The number of ether oxygens (including phenoxy) is 1. The highest BCUT2D eigenvalue weighted by atomic mass is 35.5. The third-order valence-electron chi connectivity index (χ3n) is 5.71. The minimum absolute atomic E-state index is 0.0162. The van der Waals surface area contributed by atoms with Crippen LogP contribution in [0.15, 0.2) is 60.8 Å². The molecule has 0 bridgehead atoms. The summed E-state index contributed by atoms with van der Waals surface area (Å²) in [5.41, 5.74) is 0.420. The molecule has 0 saturated heterocycles. The van der Waals surface area contributed by atoms with Crippen LogP contribution in [0.2, 0.25) is 15.9 Å². The first-order valence-electron chi connectivity index (χ1n) is 11.0. The van der Waals surface area contributed by atoms with Gasteiger partial charge in [-0.25, -0.2) is 0 Å². The summed E-state index contributed by atoms with van der Waals surface area (Å²) in [5.74, 6) is -0.812. The van der Waals surface area contributed by atoms with Gasteiger partial charge in [0.1, 0.15) is 6.07 Å². The van der Waals surface area contributed by atoms with Gasteiger partial charge in [-0.3, -0.25) is 9.78 Å². The molecule has 1 amide bonds. The highest BCUT2D eigenvalue weighted by molar-refractivity contribution is 6.44. The molecule has 0 fully saturated rings. The molecule has 0 radical (unpaired) electrons. The van der Waals surface area contributed by atoms with Gasteiger partial charge in [-0.2, -0.15) is 5.26 Å². The van der Waals surface area contributed by atoms with Crippen LogP contribution in [-0.2, 0) is 4.79 Å². The number of benzene rings is 1. The van der Waals surface area contributed by atoms with E-state index in [1.54, 1.807) is 66.9 Å². The maximum absolute atomic E-state index is 12.7. The Kier molecular flexibility index (Phi) is 9.13. The van der Waals surface area contributed by atoms with Crippen LogP contribution in [0.1, 0.15) is 31.0 Å². The Morgan fingerprint density at radius 3 is 2.77 bits per heavy atom. The summed E-state index contributed by atoms with van der Waals surface area (Å²) in [6.45, 7) is 1.84. The summed E-state index contributed by atoms with van der Waals surface area (Å²) >= 11 is 12.8. The van der Waals surface area contributed by atoms with Crippen LogP contribution in [0.25, 0.3) is 11.6 Å². The van der Waals surface area contributed by atoms with Crippen molar-refractivity contribution in [3.63, 3.8) is 0 Å². The quantitative estimate of drug-likeness (QED) is 0.338. The minimum Gasteiger partial charge on any atom is -0.490 e. The number of carbonyl (C=O) groups excluding carboxylic acids is 1. The molecule has 35 heavy (non-hydrogen) atoms. The van der Waals surface area contributed by atoms with Crippen LogP contribution in [0, 0.1) is 11.3 Å². The van der Waals surface area contributed by atoms with E-state index >= 15 is 0 Å². The van der Waals surface area contributed by atoms with Gasteiger partial charge in [0.05, 0.1) is 39.9 Å². The number of halogens is 2. The van der Waals surface area contributed by atoms with E-state index in [2.05, 4.69) is 16.4 Å². The second-order valence-corrected chi connectivity index (χ2v) is 8.67. The molecule has 1 aliphatic rings. The summed E-state index contributed by atoms with van der Waals surface area (Å²) in [7, 11) is -1.62. The molecule has 10 heteroatoms. The second-order valence-electron chi connectivity index (χ2n) is 7.89. The first-order chi connectivity index (χ1) is 16.8. The normalized spacial score (nSPS) is 19.2. The lowest BCUT2D eigenvalue weighted by Crippen LogP contribution is -2.54. The number of hydrogen-bond acceptors (Lipinski definition) is 6. The highest BCUT2D eigenvalue weighted by Crippen LogP contribution is 2.37. The summed E-state index contributed by atoms with van der Waals surface area (Å²) < 4.78 is 5.75. The molecule has 3 N–H and O–H groups in total. The number of hydrogen-bond donors (Lipinski definition) is 3. The van der Waals surface area contributed by atoms with Gasteiger partial charge < -0.3 is 20.1 Å². The van der Waals surface area contributed by atoms with E-state index in [-0.39, 0.29) is 34.7 Å². The summed E-state index contributed by atoms with van der Waals surface area (Å²) in [6.07, 6.45) is 10.5. The monoisotopic (exact) mass is 511 g/mol. The molecule has 3 rings (SSSR count). The molecule has 180 valence electrons. The number of rotatable bonds is 9. The smallest absolute Gasteiger partial charge is 0.461 e. The molecule has 7 nitrogen and oxygen atoms in total. The van der Waals surface area contributed by atoms with Crippen LogP contribution < -0.4 is 10.1 Å². The van der Waals surface area contributed by atoms with Gasteiger partial charge in [-0.15, -0.1) is 0 Å². The molecule has 0 saturated carbocycles. The van der Waals surface area contributed by atoms with Gasteiger partial charge in [0.2, 0.25) is 5.91 Å². The average Bonchev–Trinajstić information content (AvgIpc) is 2.86. The number of nitrogens with one attached hydrogen (secondary N) is 1. The van der Waals surface area contributed by atoms with E-state index in [4.69, 9.17) is 27.9 Å². The molecule has 1 heterocycles. The van der Waals surface area contributed by atoms with E-state index in [9.17, 15) is 20.1 Å². The lowest BCUT2D eigenvalue weighted by atomic mass is 9.59. The number of amides is 1. The summed E-state index contributed by atoms with van der Waals surface area (Å²) in [5, 5.41) is 32.4. The number of nitrogens with zero attached hydrogens (tertiary/aromatic N) is 2. The fourth-order valence-electron chi connectivity index (χ4n) is 3.83. The topological polar surface area (TPSA) is 115 Å². The van der Waals surface area contributed by atoms with Crippen molar-refractivity contribution in [2.45, 2.75) is 31.1 Å². The SMILES string of the molecule is CC[C@]1(NC(=O)CCOc2c(Cl)ccc(C=C(C#N)c3ccccn3)c2Cl)C=CC=CC1B(O)O. The summed E-state index contributed by atoms with van der Waals surface area (Å²) in [6, 6.07) is 10.6. The van der Waals surface area contributed by atoms with E-state index in [1.165, 1.54) is 0 Å². The Morgan fingerprint density at radius 1 is 1.31 bits per heavy atom. The molecule has 1 aromatic heterocycles. The molecular weight excluding hydrogens is 488 g/mol. The second kappa shape index (κ2) is 12.1. The van der Waals surface area contributed by atoms with Crippen molar-refractivity contribution in [3.05, 3.63) is 82.1 Å². The number of allylic oxidation sites excluding steroid dienone is 3. The minimum atomic E-state index is -1.62. The lowest BCUT2D eigenvalue weighted by molar-refractivity contribution is -0.123. The van der Waals surface area contributed by atoms with Crippen molar-refractivity contribution in [2.75, 3.05) is 6.61 Å². The van der Waals surface area contributed by atoms with Gasteiger partial charge in [-0.1, -0.05) is 66.6 Å². The van der Waals surface area contributed by atoms with Gasteiger partial charge in [0.25, 0.3) is 0 Å². The molecule has 2 atom stereocenters. The number of carbonyl (C=O) groups is 1. The Bertz CT molecular complexity index is 1200. The predicted molar refractivity (Wildman–Crippen MR) is 138 cm³/mol. The van der Waals surface area contributed by atoms with Crippen molar-refractivity contribution in [1.82, 2.24) is 10.3 Å². The first-order valence-corrected chi connectivity index (χ1v) is 11.7. The third kappa shape index (κ3) is 6.33. The van der Waals surface area contributed by atoms with Crippen molar-refractivity contribution in [2.24, 2.45) is 0 Å². The van der Waals surface area contributed by atoms with Crippen LogP contribution in [0.5, 0.6) is 5.75 Å². The van der Waals surface area contributed by atoms with Gasteiger partial charge in [-0.05, 0) is 36.3 Å². The molecule has 0 spiro atoms. The standard InChI is InChI=1S/C25H24BCl2N3O4/c1-2-25(12-5-3-8-21(25)26(33)34)31-22(32)11-14-35-24-19(27)10-9-17(23(24)28)15-18(16-29)20-7-4-6-13-30-20/h3-10,12-13,15,21,33-34H,2,11,14H2,1H3,(H,31,32)/t21?,25-/m0/s1. The third-order valence-corrected chi connectivity index (χ3v) is 6.40. The zero-order valence-electron chi connectivity index (χ0n) is 19.0. The van der Waals surface area contributed by atoms with E-state index in [0.717, 1.165) is 0 Å². The molecule has 1 aromatic carbocycles.